The van der Waals surface area contributed by atoms with Crippen LogP contribution in [0.3, 0.4) is 0 Å². The van der Waals surface area contributed by atoms with Crippen LogP contribution in [-0.4, -0.2) is 11.1 Å². The van der Waals surface area contributed by atoms with E-state index in [9.17, 15) is 4.79 Å². The normalized spacial score (nSPS) is 13.2. The van der Waals surface area contributed by atoms with Crippen LogP contribution >= 0.6 is 0 Å². The third-order valence-electron chi connectivity index (χ3n) is 1.38. The highest BCUT2D eigenvalue weighted by molar-refractivity contribution is 5.69. The van der Waals surface area contributed by atoms with Gasteiger partial charge < -0.3 is 5.11 Å². The van der Waals surface area contributed by atoms with Gasteiger partial charge in [0.25, 0.3) is 0 Å². The lowest BCUT2D eigenvalue weighted by molar-refractivity contribution is -0.140. The molecule has 1 N–H and O–H groups in total. The summed E-state index contributed by atoms with van der Waals surface area (Å²) in [6.45, 7) is 5.24. The second-order valence-corrected chi connectivity index (χ2v) is 2.47. The number of hydrogen-bond acceptors (Lipinski definition) is 1. The average Bonchev–Trinajstić information content (AvgIpc) is 1.97. The van der Waals surface area contributed by atoms with Gasteiger partial charge >= 0.3 is 5.97 Å². The van der Waals surface area contributed by atoms with Crippen LogP contribution in [0.5, 0.6) is 0 Å². The van der Waals surface area contributed by atoms with Gasteiger partial charge in [0.05, 0.1) is 5.92 Å². The minimum Gasteiger partial charge on any atom is -0.481 e. The van der Waals surface area contributed by atoms with E-state index in [2.05, 4.69) is 6.58 Å². The molecule has 11 heavy (non-hydrogen) atoms. The highest BCUT2D eigenvalue weighted by Gasteiger charge is 2.06. The molecule has 0 aromatic rings. The Kier molecular flexibility index (Phi) is 5.17. The molecule has 0 fully saturated rings. The molecule has 1 atom stereocenters. The van der Waals surface area contributed by atoms with E-state index in [0.717, 1.165) is 6.42 Å². The number of aliphatic carboxylic acids is 1. The van der Waals surface area contributed by atoms with E-state index in [1.165, 1.54) is 0 Å². The first-order valence-corrected chi connectivity index (χ1v) is 3.67. The van der Waals surface area contributed by atoms with E-state index in [0.29, 0.717) is 6.42 Å². The van der Waals surface area contributed by atoms with Crippen LogP contribution in [-0.2, 0) is 4.79 Å². The fraction of sp³-hybridized carbons (Fsp3) is 0.444. The maximum Gasteiger partial charge on any atom is 0.306 e. The Morgan fingerprint density at radius 3 is 2.73 bits per heavy atom. The van der Waals surface area contributed by atoms with Gasteiger partial charge in [-0.3, -0.25) is 4.79 Å². The van der Waals surface area contributed by atoms with Crippen LogP contribution in [0.25, 0.3) is 0 Å². The molecule has 0 bridgehead atoms. The minimum absolute atomic E-state index is 0.281. The molecule has 0 aromatic heterocycles. The summed E-state index contributed by atoms with van der Waals surface area (Å²) < 4.78 is 0. The molecule has 1 unspecified atom stereocenters. The average molecular weight is 154 g/mol. The van der Waals surface area contributed by atoms with Gasteiger partial charge in [-0.2, -0.15) is 0 Å². The highest BCUT2D eigenvalue weighted by atomic mass is 16.4. The van der Waals surface area contributed by atoms with E-state index in [1.807, 2.05) is 12.2 Å². The van der Waals surface area contributed by atoms with Gasteiger partial charge in [0.2, 0.25) is 0 Å². The largest absolute Gasteiger partial charge is 0.481 e. The van der Waals surface area contributed by atoms with Gasteiger partial charge in [0.1, 0.15) is 0 Å². The van der Waals surface area contributed by atoms with Crippen molar-refractivity contribution in [2.45, 2.75) is 19.8 Å². The van der Waals surface area contributed by atoms with Gasteiger partial charge in [0, 0.05) is 0 Å². The smallest absolute Gasteiger partial charge is 0.306 e. The van der Waals surface area contributed by atoms with Gasteiger partial charge in [-0.1, -0.05) is 25.2 Å². The van der Waals surface area contributed by atoms with Crippen molar-refractivity contribution in [3.8, 4) is 0 Å². The molecular formula is C9H14O2. The molecule has 0 rings (SSSR count). The predicted molar refractivity (Wildman–Crippen MR) is 45.4 cm³/mol. The summed E-state index contributed by atoms with van der Waals surface area (Å²) in [5.74, 6) is -1.02. The van der Waals surface area contributed by atoms with Crippen molar-refractivity contribution in [1.82, 2.24) is 0 Å². The monoisotopic (exact) mass is 154 g/mol. The molecule has 0 aliphatic heterocycles. The van der Waals surface area contributed by atoms with Crippen LogP contribution < -0.4 is 0 Å². The van der Waals surface area contributed by atoms with Gasteiger partial charge in [-0.15, -0.1) is 6.58 Å². The van der Waals surface area contributed by atoms with Crippen LogP contribution in [0.1, 0.15) is 19.8 Å². The Bertz CT molecular complexity index is 159. The van der Waals surface area contributed by atoms with Gasteiger partial charge in [-0.05, 0) is 12.8 Å². The van der Waals surface area contributed by atoms with E-state index in [-0.39, 0.29) is 5.92 Å². The number of allylic oxidation sites excluding steroid dienone is 3. The standard InChI is InChI=1S/C9H14O2/c1-3-4-5-6-7-8(2)9(10)11/h3,5-6,8H,1,4,7H2,2H3,(H,10,11). The summed E-state index contributed by atoms with van der Waals surface area (Å²) in [6, 6.07) is 0. The van der Waals surface area contributed by atoms with Crippen molar-refractivity contribution in [3.63, 3.8) is 0 Å². The second-order valence-electron chi connectivity index (χ2n) is 2.47. The molecule has 0 saturated heterocycles. The van der Waals surface area contributed by atoms with Crippen molar-refractivity contribution in [1.29, 1.82) is 0 Å². The fourth-order valence-electron chi connectivity index (χ4n) is 0.594. The van der Waals surface area contributed by atoms with E-state index in [1.54, 1.807) is 13.0 Å². The van der Waals surface area contributed by atoms with Gasteiger partial charge in [0.15, 0.2) is 0 Å². The Morgan fingerprint density at radius 1 is 1.64 bits per heavy atom. The molecule has 62 valence electrons. The van der Waals surface area contributed by atoms with Crippen LogP contribution in [0.15, 0.2) is 24.8 Å². The molecule has 0 spiro atoms. The van der Waals surface area contributed by atoms with Crippen molar-refractivity contribution in [2.24, 2.45) is 5.92 Å². The molecule has 0 radical (unpaired) electrons. The zero-order valence-corrected chi connectivity index (χ0v) is 6.79. The molecular weight excluding hydrogens is 140 g/mol. The molecule has 0 amide bonds. The van der Waals surface area contributed by atoms with Gasteiger partial charge in [-0.25, -0.2) is 0 Å². The first-order valence-electron chi connectivity index (χ1n) is 3.67. The minimum atomic E-state index is -0.742. The second kappa shape index (κ2) is 5.71. The Hall–Kier alpha value is -1.05. The zero-order valence-electron chi connectivity index (χ0n) is 6.79. The van der Waals surface area contributed by atoms with Crippen molar-refractivity contribution in [3.05, 3.63) is 24.8 Å². The first-order chi connectivity index (χ1) is 5.18. The maximum absolute atomic E-state index is 10.3. The first kappa shape index (κ1) is 9.95. The molecule has 0 aliphatic carbocycles. The third-order valence-corrected chi connectivity index (χ3v) is 1.38. The predicted octanol–water partition coefficient (Wildman–Crippen LogP) is 2.23. The Morgan fingerprint density at radius 2 is 2.27 bits per heavy atom. The van der Waals surface area contributed by atoms with E-state index >= 15 is 0 Å². The summed E-state index contributed by atoms with van der Waals surface area (Å²) >= 11 is 0. The molecule has 0 heterocycles. The summed E-state index contributed by atoms with van der Waals surface area (Å²) in [7, 11) is 0. The lowest BCUT2D eigenvalue weighted by atomic mass is 10.1. The molecule has 0 saturated carbocycles. The molecule has 0 aromatic carbocycles. The fourth-order valence-corrected chi connectivity index (χ4v) is 0.594. The lowest BCUT2D eigenvalue weighted by Gasteiger charge is -1.98. The van der Waals surface area contributed by atoms with Crippen LogP contribution in [0.4, 0.5) is 0 Å². The quantitative estimate of drug-likeness (QED) is 0.616. The van der Waals surface area contributed by atoms with Crippen LogP contribution in [0.2, 0.25) is 0 Å². The van der Waals surface area contributed by atoms with Crippen molar-refractivity contribution < 1.29 is 9.90 Å². The molecule has 0 aliphatic rings. The Balaban J connectivity index is 3.52. The van der Waals surface area contributed by atoms with E-state index in [4.69, 9.17) is 5.11 Å². The number of carboxylic acid groups (broad SMARTS) is 1. The topological polar surface area (TPSA) is 37.3 Å². The van der Waals surface area contributed by atoms with Crippen LogP contribution in [0, 0.1) is 5.92 Å². The lowest BCUT2D eigenvalue weighted by Crippen LogP contribution is -2.07. The number of carbonyl (C=O) groups is 1. The highest BCUT2D eigenvalue weighted by Crippen LogP contribution is 2.02. The summed E-state index contributed by atoms with van der Waals surface area (Å²) in [5, 5.41) is 8.48. The molecule has 2 nitrogen and oxygen atoms in total. The summed E-state index contributed by atoms with van der Waals surface area (Å²) in [4.78, 5) is 10.3. The molecule has 2 heteroatoms. The summed E-state index contributed by atoms with van der Waals surface area (Å²) in [6.07, 6.45) is 6.99. The number of carboxylic acids is 1. The zero-order chi connectivity index (χ0) is 8.69. The Labute approximate surface area is 67.2 Å². The third kappa shape index (κ3) is 5.40. The van der Waals surface area contributed by atoms with E-state index < -0.39 is 5.97 Å². The van der Waals surface area contributed by atoms with Crippen molar-refractivity contribution in [2.75, 3.05) is 0 Å². The summed E-state index contributed by atoms with van der Waals surface area (Å²) in [5.41, 5.74) is 0. The SMILES string of the molecule is C=CCC=CCC(C)C(=O)O. The number of hydrogen-bond donors (Lipinski definition) is 1. The van der Waals surface area contributed by atoms with Crippen molar-refractivity contribution >= 4 is 5.97 Å². The maximum atomic E-state index is 10.3. The number of rotatable bonds is 5.